The van der Waals surface area contributed by atoms with Crippen LogP contribution in [0.5, 0.6) is 0 Å². The van der Waals surface area contributed by atoms with E-state index in [-0.39, 0.29) is 11.7 Å². The Morgan fingerprint density at radius 2 is 2.17 bits per heavy atom. The number of halogens is 2. The molecule has 1 rings (SSSR count). The Bertz CT molecular complexity index is 411. The molecule has 0 bridgehead atoms. The third kappa shape index (κ3) is 4.09. The van der Waals surface area contributed by atoms with Gasteiger partial charge < -0.3 is 4.74 Å². The second kappa shape index (κ2) is 5.93. The summed E-state index contributed by atoms with van der Waals surface area (Å²) >= 11 is 0. The Morgan fingerprint density at radius 3 is 2.67 bits per heavy atom. The molecular formula is C12H18F2N2O2. The zero-order chi connectivity index (χ0) is 13.8. The number of aryl methyl sites for hydroxylation is 2. The smallest absolute Gasteiger partial charge is 0.305 e. The van der Waals surface area contributed by atoms with Crippen LogP contribution in [-0.2, 0) is 28.9 Å². The van der Waals surface area contributed by atoms with Crippen molar-refractivity contribution < 1.29 is 18.3 Å². The van der Waals surface area contributed by atoms with Crippen LogP contribution in [0.15, 0.2) is 6.07 Å². The minimum Gasteiger partial charge on any atom is -0.469 e. The monoisotopic (exact) mass is 260 g/mol. The van der Waals surface area contributed by atoms with E-state index in [1.807, 2.05) is 0 Å². The molecular weight excluding hydrogens is 242 g/mol. The van der Waals surface area contributed by atoms with Gasteiger partial charge in [-0.3, -0.25) is 9.48 Å². The maximum absolute atomic E-state index is 13.1. The second-order valence-electron chi connectivity index (χ2n) is 4.32. The quantitative estimate of drug-likeness (QED) is 0.583. The van der Waals surface area contributed by atoms with E-state index < -0.39 is 5.92 Å². The van der Waals surface area contributed by atoms with E-state index in [2.05, 4.69) is 9.84 Å². The van der Waals surface area contributed by atoms with Crippen LogP contribution in [0.4, 0.5) is 8.78 Å². The molecule has 0 N–H and O–H groups in total. The highest BCUT2D eigenvalue weighted by Gasteiger charge is 2.28. The van der Waals surface area contributed by atoms with Gasteiger partial charge in [0, 0.05) is 20.4 Å². The minimum absolute atomic E-state index is 0.0922. The Balaban J connectivity index is 2.47. The standard InChI is InChI=1S/C12H18F2N2O2/c1-12(13,14)10-8-9(15-16(10)2)6-4-5-7-11(17)18-3/h8H,4-7H2,1-3H3. The number of alkyl halides is 2. The van der Waals surface area contributed by atoms with Crippen molar-refractivity contribution in [1.29, 1.82) is 0 Å². The molecule has 0 aromatic carbocycles. The Hall–Kier alpha value is -1.46. The molecule has 0 aliphatic rings. The Labute approximate surface area is 105 Å². The van der Waals surface area contributed by atoms with Crippen molar-refractivity contribution in [1.82, 2.24) is 9.78 Å². The van der Waals surface area contributed by atoms with E-state index in [1.165, 1.54) is 24.9 Å². The molecule has 102 valence electrons. The van der Waals surface area contributed by atoms with Crippen molar-refractivity contribution in [2.24, 2.45) is 7.05 Å². The molecule has 0 radical (unpaired) electrons. The first-order valence-electron chi connectivity index (χ1n) is 5.82. The lowest BCUT2D eigenvalue weighted by Crippen LogP contribution is -2.12. The second-order valence-corrected chi connectivity index (χ2v) is 4.32. The van der Waals surface area contributed by atoms with Crippen LogP contribution in [0.2, 0.25) is 0 Å². The summed E-state index contributed by atoms with van der Waals surface area (Å²) in [4.78, 5) is 10.9. The van der Waals surface area contributed by atoms with Crippen molar-refractivity contribution in [3.63, 3.8) is 0 Å². The number of hydrogen-bond donors (Lipinski definition) is 0. The predicted molar refractivity (Wildman–Crippen MR) is 62.3 cm³/mol. The van der Waals surface area contributed by atoms with Gasteiger partial charge in [0.2, 0.25) is 0 Å². The number of hydrogen-bond acceptors (Lipinski definition) is 3. The van der Waals surface area contributed by atoms with Crippen LogP contribution in [0.25, 0.3) is 0 Å². The number of unbranched alkanes of at least 4 members (excludes halogenated alkanes) is 1. The van der Waals surface area contributed by atoms with Gasteiger partial charge in [-0.05, 0) is 25.3 Å². The molecule has 0 fully saturated rings. The molecule has 1 heterocycles. The van der Waals surface area contributed by atoms with Crippen molar-refractivity contribution in [3.05, 3.63) is 17.5 Å². The van der Waals surface area contributed by atoms with Crippen LogP contribution < -0.4 is 0 Å². The van der Waals surface area contributed by atoms with Crippen LogP contribution in [-0.4, -0.2) is 22.9 Å². The molecule has 0 amide bonds. The number of carbonyl (C=O) groups excluding carboxylic acids is 1. The molecule has 0 aliphatic heterocycles. The van der Waals surface area contributed by atoms with Gasteiger partial charge in [0.25, 0.3) is 5.92 Å². The maximum Gasteiger partial charge on any atom is 0.305 e. The van der Waals surface area contributed by atoms with Crippen LogP contribution in [0.1, 0.15) is 37.6 Å². The SMILES string of the molecule is COC(=O)CCCCc1cc(C(C)(F)F)n(C)n1. The van der Waals surface area contributed by atoms with E-state index in [0.717, 1.165) is 13.3 Å². The zero-order valence-corrected chi connectivity index (χ0v) is 10.9. The third-order valence-electron chi connectivity index (χ3n) is 2.67. The summed E-state index contributed by atoms with van der Waals surface area (Å²) in [5, 5.41) is 4.03. The highest BCUT2D eigenvalue weighted by molar-refractivity contribution is 5.68. The first kappa shape index (κ1) is 14.6. The van der Waals surface area contributed by atoms with Gasteiger partial charge >= 0.3 is 5.97 Å². The topological polar surface area (TPSA) is 44.1 Å². The summed E-state index contributed by atoms with van der Waals surface area (Å²) in [5.41, 5.74) is 0.532. The summed E-state index contributed by atoms with van der Waals surface area (Å²) < 4.78 is 32.0. The molecule has 0 aliphatic carbocycles. The van der Waals surface area contributed by atoms with Gasteiger partial charge in [0.1, 0.15) is 5.69 Å². The normalized spacial score (nSPS) is 11.6. The number of rotatable bonds is 6. The summed E-state index contributed by atoms with van der Waals surface area (Å²) in [6.07, 6.45) is 2.32. The number of nitrogens with zero attached hydrogens (tertiary/aromatic N) is 2. The molecule has 0 spiro atoms. The lowest BCUT2D eigenvalue weighted by atomic mass is 10.1. The molecule has 4 nitrogen and oxygen atoms in total. The molecule has 0 saturated heterocycles. The number of ether oxygens (including phenoxy) is 1. The average molecular weight is 260 g/mol. The number of methoxy groups -OCH3 is 1. The zero-order valence-electron chi connectivity index (χ0n) is 10.9. The Kier molecular flexibility index (Phi) is 4.81. The van der Waals surface area contributed by atoms with Gasteiger partial charge in [-0.25, -0.2) is 0 Å². The minimum atomic E-state index is -2.88. The molecule has 0 unspecified atom stereocenters. The van der Waals surface area contributed by atoms with Gasteiger partial charge in [-0.15, -0.1) is 0 Å². The largest absolute Gasteiger partial charge is 0.469 e. The number of carbonyl (C=O) groups is 1. The lowest BCUT2D eigenvalue weighted by Gasteiger charge is -2.08. The van der Waals surface area contributed by atoms with Crippen molar-refractivity contribution >= 4 is 5.97 Å². The lowest BCUT2D eigenvalue weighted by molar-refractivity contribution is -0.140. The third-order valence-corrected chi connectivity index (χ3v) is 2.67. The van der Waals surface area contributed by atoms with Crippen molar-refractivity contribution in [3.8, 4) is 0 Å². The predicted octanol–water partition coefficient (Wildman–Crippen LogP) is 2.42. The first-order chi connectivity index (χ1) is 8.34. The number of aromatic nitrogens is 2. The molecule has 0 saturated carbocycles. The van der Waals surface area contributed by atoms with E-state index in [0.29, 0.717) is 25.0 Å². The molecule has 1 aromatic rings. The summed E-state index contributed by atoms with van der Waals surface area (Å²) in [6, 6.07) is 1.41. The summed E-state index contributed by atoms with van der Waals surface area (Å²) in [5.74, 6) is -3.14. The summed E-state index contributed by atoms with van der Waals surface area (Å²) in [7, 11) is 2.85. The maximum atomic E-state index is 13.1. The van der Waals surface area contributed by atoms with E-state index in [4.69, 9.17) is 0 Å². The fourth-order valence-corrected chi connectivity index (χ4v) is 1.74. The van der Waals surface area contributed by atoms with Gasteiger partial charge in [0.05, 0.1) is 12.8 Å². The molecule has 1 aromatic heterocycles. The van der Waals surface area contributed by atoms with Crippen LogP contribution in [0.3, 0.4) is 0 Å². The van der Waals surface area contributed by atoms with Gasteiger partial charge in [-0.2, -0.15) is 13.9 Å². The summed E-state index contributed by atoms with van der Waals surface area (Å²) in [6.45, 7) is 0.852. The van der Waals surface area contributed by atoms with Gasteiger partial charge in [0.15, 0.2) is 0 Å². The fraction of sp³-hybridized carbons (Fsp3) is 0.667. The molecule has 6 heteroatoms. The van der Waals surface area contributed by atoms with Gasteiger partial charge in [-0.1, -0.05) is 0 Å². The molecule has 0 atom stereocenters. The van der Waals surface area contributed by atoms with E-state index >= 15 is 0 Å². The van der Waals surface area contributed by atoms with E-state index in [9.17, 15) is 13.6 Å². The van der Waals surface area contributed by atoms with Crippen LogP contribution in [0, 0.1) is 0 Å². The van der Waals surface area contributed by atoms with Crippen LogP contribution >= 0.6 is 0 Å². The highest BCUT2D eigenvalue weighted by Crippen LogP contribution is 2.27. The number of esters is 1. The first-order valence-corrected chi connectivity index (χ1v) is 5.82. The highest BCUT2D eigenvalue weighted by atomic mass is 19.3. The van der Waals surface area contributed by atoms with Crippen molar-refractivity contribution in [2.45, 2.75) is 38.5 Å². The van der Waals surface area contributed by atoms with Crippen molar-refractivity contribution in [2.75, 3.05) is 7.11 Å². The fourth-order valence-electron chi connectivity index (χ4n) is 1.74. The average Bonchev–Trinajstić information content (AvgIpc) is 2.65. The van der Waals surface area contributed by atoms with E-state index in [1.54, 1.807) is 0 Å². The molecule has 18 heavy (non-hydrogen) atoms. The Morgan fingerprint density at radius 1 is 1.50 bits per heavy atom.